The van der Waals surface area contributed by atoms with Gasteiger partial charge in [-0.1, -0.05) is 47.0 Å². The Hall–Kier alpha value is -0.170. The number of hydrogen-bond acceptors (Lipinski definition) is 5. The summed E-state index contributed by atoms with van der Waals surface area (Å²) in [7, 11) is 0. The average molecular weight is 270 g/mol. The molecule has 0 aromatic carbocycles. The quantitative estimate of drug-likeness (QED) is 0.823. The molecule has 2 aliphatic rings. The molecule has 0 spiro atoms. The molecule has 0 atom stereocenters. The lowest BCUT2D eigenvalue weighted by molar-refractivity contribution is 1.31. The third-order valence-corrected chi connectivity index (χ3v) is 6.87. The van der Waals surface area contributed by atoms with Crippen molar-refractivity contribution in [3.05, 3.63) is 42.9 Å². The summed E-state index contributed by atoms with van der Waals surface area (Å²) in [4.78, 5) is 8.41. The Kier molecular flexibility index (Phi) is 2.92. The van der Waals surface area contributed by atoms with Crippen molar-refractivity contribution in [2.45, 2.75) is 0 Å². The van der Waals surface area contributed by atoms with E-state index in [-0.39, 0.29) is 0 Å². The molecular weight excluding hydrogens is 264 g/mol. The molecule has 0 unspecified atom stereocenters. The number of nitrogens with zero attached hydrogens (tertiary/aromatic N) is 1. The first-order valence-corrected chi connectivity index (χ1v) is 7.65. The average Bonchev–Trinajstić information content (AvgIpc) is 3.02. The zero-order chi connectivity index (χ0) is 10.1. The highest BCUT2D eigenvalue weighted by Crippen LogP contribution is 2.55. The molecule has 76 valence electrons. The zero-order valence-corrected chi connectivity index (χ0v) is 10.7. The Balaban J connectivity index is 1.80. The lowest BCUT2D eigenvalue weighted by Crippen LogP contribution is -1.74. The van der Waals surface area contributed by atoms with Gasteiger partial charge in [-0.15, -0.1) is 0 Å². The number of nitrogens with one attached hydrogen (secondary N) is 1. The van der Waals surface area contributed by atoms with Crippen molar-refractivity contribution in [3.8, 4) is 0 Å². The van der Waals surface area contributed by atoms with E-state index in [2.05, 4.69) is 26.2 Å². The largest absolute Gasteiger partial charge is 0.344 e. The Morgan fingerprint density at radius 1 is 1.07 bits per heavy atom. The predicted octanol–water partition coefficient (Wildman–Crippen LogP) is 4.27. The number of aromatic nitrogens is 2. The molecule has 2 nitrogen and oxygen atoms in total. The highest BCUT2D eigenvalue weighted by molar-refractivity contribution is 8.35. The Morgan fingerprint density at radius 3 is 2.67 bits per heavy atom. The molecule has 0 amide bonds. The molecule has 0 aliphatic carbocycles. The summed E-state index contributed by atoms with van der Waals surface area (Å²) in [5.41, 5.74) is 1.10. The van der Waals surface area contributed by atoms with Gasteiger partial charge in [0, 0.05) is 4.91 Å². The van der Waals surface area contributed by atoms with Crippen LogP contribution in [0.25, 0.3) is 4.91 Å². The van der Waals surface area contributed by atoms with E-state index in [1.54, 1.807) is 41.6 Å². The van der Waals surface area contributed by atoms with E-state index in [1.165, 1.54) is 13.4 Å². The van der Waals surface area contributed by atoms with Crippen LogP contribution < -0.4 is 0 Å². The SMILES string of the molecule is C1=CSC(=C2SC=C(c3cnc[nH]3)S2)S1. The van der Waals surface area contributed by atoms with Crippen LogP contribution in [0, 0.1) is 0 Å². The molecule has 6 heteroatoms. The molecule has 1 aromatic heterocycles. The summed E-state index contributed by atoms with van der Waals surface area (Å²) in [5, 5.41) is 6.44. The maximum absolute atomic E-state index is 4.03. The number of hydrogen-bond donors (Lipinski definition) is 1. The lowest BCUT2D eigenvalue weighted by Gasteiger charge is -2.00. The van der Waals surface area contributed by atoms with Crippen molar-refractivity contribution in [2.24, 2.45) is 0 Å². The van der Waals surface area contributed by atoms with E-state index in [0.717, 1.165) is 5.69 Å². The number of thioether (sulfide) groups is 4. The lowest BCUT2D eigenvalue weighted by atomic mass is 10.5. The van der Waals surface area contributed by atoms with Crippen LogP contribution >= 0.6 is 47.0 Å². The molecule has 0 fully saturated rings. The van der Waals surface area contributed by atoms with Gasteiger partial charge in [0.05, 0.1) is 26.7 Å². The third kappa shape index (κ3) is 2.04. The second-order valence-corrected chi connectivity index (χ2v) is 7.03. The van der Waals surface area contributed by atoms with Crippen LogP contribution in [-0.4, -0.2) is 9.97 Å². The summed E-state index contributed by atoms with van der Waals surface area (Å²) >= 11 is 7.21. The van der Waals surface area contributed by atoms with E-state index >= 15 is 0 Å². The van der Waals surface area contributed by atoms with Gasteiger partial charge in [0.25, 0.3) is 0 Å². The van der Waals surface area contributed by atoms with Crippen molar-refractivity contribution in [1.82, 2.24) is 9.97 Å². The first-order valence-electron chi connectivity index (χ1n) is 4.19. The van der Waals surface area contributed by atoms with Crippen molar-refractivity contribution in [2.75, 3.05) is 0 Å². The number of rotatable bonds is 1. The molecule has 0 saturated heterocycles. The maximum atomic E-state index is 4.03. The summed E-state index contributed by atoms with van der Waals surface area (Å²) in [6, 6.07) is 0. The van der Waals surface area contributed by atoms with Crippen LogP contribution in [0.4, 0.5) is 0 Å². The Labute approximate surface area is 104 Å². The zero-order valence-electron chi connectivity index (χ0n) is 7.47. The molecule has 0 radical (unpaired) electrons. The normalized spacial score (nSPS) is 20.1. The molecule has 1 aromatic rings. The van der Waals surface area contributed by atoms with Crippen molar-refractivity contribution < 1.29 is 0 Å². The molecule has 1 N–H and O–H groups in total. The number of H-pyrrole nitrogens is 1. The number of aromatic amines is 1. The molecule has 2 aliphatic heterocycles. The van der Waals surface area contributed by atoms with Gasteiger partial charge in [-0.25, -0.2) is 4.98 Å². The predicted molar refractivity (Wildman–Crippen MR) is 73.1 cm³/mol. The van der Waals surface area contributed by atoms with E-state index in [9.17, 15) is 0 Å². The van der Waals surface area contributed by atoms with Crippen LogP contribution in [0.15, 0.2) is 37.2 Å². The highest BCUT2D eigenvalue weighted by Gasteiger charge is 2.19. The van der Waals surface area contributed by atoms with Crippen LogP contribution in [0.1, 0.15) is 5.69 Å². The van der Waals surface area contributed by atoms with Crippen LogP contribution in [0.5, 0.6) is 0 Å². The standard InChI is InChI=1S/C9H6N2S4/c1-2-13-8(12-1)9-14-4-7(15-9)6-3-10-5-11-6/h1-5H,(H,10,11). The first-order chi connectivity index (χ1) is 7.43. The minimum atomic E-state index is 1.10. The van der Waals surface area contributed by atoms with Gasteiger partial charge in [0.1, 0.15) is 0 Å². The molecule has 3 heterocycles. The fourth-order valence-corrected chi connectivity index (χ4v) is 5.60. The molecular formula is C9H6N2S4. The van der Waals surface area contributed by atoms with Gasteiger partial charge < -0.3 is 4.98 Å². The smallest absolute Gasteiger partial charge is 0.0924 e. The fraction of sp³-hybridized carbons (Fsp3) is 0. The maximum Gasteiger partial charge on any atom is 0.0924 e. The Bertz CT molecular complexity index is 448. The van der Waals surface area contributed by atoms with Crippen molar-refractivity contribution >= 4 is 52.0 Å². The van der Waals surface area contributed by atoms with Crippen molar-refractivity contribution in [3.63, 3.8) is 0 Å². The van der Waals surface area contributed by atoms with Gasteiger partial charge in [0.15, 0.2) is 0 Å². The minimum absolute atomic E-state index is 1.10. The molecule has 3 rings (SSSR count). The highest BCUT2D eigenvalue weighted by atomic mass is 32.2. The van der Waals surface area contributed by atoms with Gasteiger partial charge in [-0.3, -0.25) is 0 Å². The monoisotopic (exact) mass is 270 g/mol. The summed E-state index contributed by atoms with van der Waals surface area (Å²) in [6.45, 7) is 0. The van der Waals surface area contributed by atoms with E-state index in [1.807, 2.05) is 18.0 Å². The van der Waals surface area contributed by atoms with Crippen LogP contribution in [-0.2, 0) is 0 Å². The third-order valence-electron chi connectivity index (χ3n) is 1.81. The Morgan fingerprint density at radius 2 is 1.93 bits per heavy atom. The van der Waals surface area contributed by atoms with Gasteiger partial charge in [0.2, 0.25) is 0 Å². The summed E-state index contributed by atoms with van der Waals surface area (Å²) in [6.07, 6.45) is 3.58. The topological polar surface area (TPSA) is 28.7 Å². The fourth-order valence-electron chi connectivity index (χ4n) is 1.16. The summed E-state index contributed by atoms with van der Waals surface area (Å²) in [5.74, 6) is 0. The first kappa shape index (κ1) is 10.0. The second kappa shape index (κ2) is 4.37. The van der Waals surface area contributed by atoms with Crippen LogP contribution in [0.3, 0.4) is 0 Å². The van der Waals surface area contributed by atoms with Gasteiger partial charge in [-0.2, -0.15) is 0 Å². The van der Waals surface area contributed by atoms with E-state index < -0.39 is 0 Å². The molecule has 15 heavy (non-hydrogen) atoms. The van der Waals surface area contributed by atoms with Crippen molar-refractivity contribution in [1.29, 1.82) is 0 Å². The van der Waals surface area contributed by atoms with E-state index in [0.29, 0.717) is 0 Å². The molecule has 0 saturated carbocycles. The second-order valence-electron chi connectivity index (χ2n) is 2.75. The van der Waals surface area contributed by atoms with Gasteiger partial charge >= 0.3 is 0 Å². The molecule has 0 bridgehead atoms. The van der Waals surface area contributed by atoms with Crippen LogP contribution in [0.2, 0.25) is 0 Å². The summed E-state index contributed by atoms with van der Waals surface area (Å²) < 4.78 is 2.76. The van der Waals surface area contributed by atoms with E-state index in [4.69, 9.17) is 0 Å². The minimum Gasteiger partial charge on any atom is -0.344 e. The number of imidazole rings is 1. The van der Waals surface area contributed by atoms with Gasteiger partial charge in [-0.05, 0) is 16.2 Å².